The summed E-state index contributed by atoms with van der Waals surface area (Å²) in [5.74, 6) is 0. The molecule has 2 aliphatic rings. The van der Waals surface area contributed by atoms with Crippen LogP contribution in [-0.4, -0.2) is 18.2 Å². The lowest BCUT2D eigenvalue weighted by atomic mass is 9.76. The molecule has 3 heteroatoms. The van der Waals surface area contributed by atoms with Gasteiger partial charge in [-0.05, 0) is 77.0 Å². The van der Waals surface area contributed by atoms with E-state index in [1.54, 1.807) is 5.57 Å². The number of fused-ring (bicyclic) bond motifs is 1. The van der Waals surface area contributed by atoms with Crippen molar-refractivity contribution in [3.8, 4) is 0 Å². The first-order valence-corrected chi connectivity index (χ1v) is 9.47. The maximum atomic E-state index is 12.8. The quantitative estimate of drug-likeness (QED) is 0.627. The number of aryl methyl sites for hydroxylation is 1. The smallest absolute Gasteiger partial charge is 0.414 e. The number of nitrogens with zero attached hydrogens (tertiary/aromatic N) is 1. The van der Waals surface area contributed by atoms with E-state index < -0.39 is 5.60 Å². The van der Waals surface area contributed by atoms with E-state index in [9.17, 15) is 4.79 Å². The Morgan fingerprint density at radius 2 is 2.04 bits per heavy atom. The molecule has 0 spiro atoms. The highest BCUT2D eigenvalue weighted by molar-refractivity contribution is 5.92. The van der Waals surface area contributed by atoms with Crippen molar-refractivity contribution in [1.29, 1.82) is 0 Å². The fourth-order valence-electron chi connectivity index (χ4n) is 4.09. The fourth-order valence-corrected chi connectivity index (χ4v) is 4.09. The molecule has 25 heavy (non-hydrogen) atoms. The monoisotopic (exact) mass is 341 g/mol. The second-order valence-electron chi connectivity index (χ2n) is 8.93. The number of hydrogen-bond donors (Lipinski definition) is 0. The molecule has 1 heterocycles. The number of amides is 1. The lowest BCUT2D eigenvalue weighted by molar-refractivity contribution is 0.0578. The van der Waals surface area contributed by atoms with E-state index in [1.807, 2.05) is 25.7 Å². The molecule has 136 valence electrons. The summed E-state index contributed by atoms with van der Waals surface area (Å²) in [5.41, 5.74) is 4.50. The minimum atomic E-state index is -0.480. The van der Waals surface area contributed by atoms with Gasteiger partial charge in [-0.25, -0.2) is 4.79 Å². The molecule has 0 N–H and O–H groups in total. The molecule has 1 atom stereocenters. The lowest BCUT2D eigenvalue weighted by Crippen LogP contribution is -2.39. The summed E-state index contributed by atoms with van der Waals surface area (Å²) in [6.07, 6.45) is 8.20. The third-order valence-electron chi connectivity index (χ3n) is 5.22. The molecule has 1 aliphatic carbocycles. The number of allylic oxidation sites excluding steroid dienone is 2. The highest BCUT2D eigenvalue weighted by atomic mass is 16.6. The van der Waals surface area contributed by atoms with Gasteiger partial charge < -0.3 is 4.74 Å². The van der Waals surface area contributed by atoms with E-state index in [1.165, 1.54) is 36.8 Å². The van der Waals surface area contributed by atoms with Crippen molar-refractivity contribution in [1.82, 2.24) is 0 Å². The molecule has 1 amide bonds. The topological polar surface area (TPSA) is 29.5 Å². The molecule has 3 nitrogen and oxygen atoms in total. The molecule has 3 rings (SSSR count). The molecule has 0 saturated heterocycles. The molecular formula is C22H31NO2. The minimum absolute atomic E-state index is 0.0386. The first-order chi connectivity index (χ1) is 11.7. The minimum Gasteiger partial charge on any atom is -0.443 e. The molecule has 1 aliphatic heterocycles. The number of benzene rings is 1. The summed E-state index contributed by atoms with van der Waals surface area (Å²) in [7, 11) is 0. The van der Waals surface area contributed by atoms with Crippen LogP contribution >= 0.6 is 0 Å². The van der Waals surface area contributed by atoms with Crippen molar-refractivity contribution < 1.29 is 9.53 Å². The van der Waals surface area contributed by atoms with Crippen molar-refractivity contribution in [2.45, 2.75) is 77.7 Å². The van der Waals surface area contributed by atoms with Crippen LogP contribution < -0.4 is 4.90 Å². The van der Waals surface area contributed by atoms with Crippen LogP contribution in [0.2, 0.25) is 0 Å². The second-order valence-corrected chi connectivity index (χ2v) is 8.93. The normalized spacial score (nSPS) is 23.2. The van der Waals surface area contributed by atoms with Crippen molar-refractivity contribution in [3.05, 3.63) is 41.0 Å². The van der Waals surface area contributed by atoms with Gasteiger partial charge in [0.2, 0.25) is 0 Å². The first-order valence-electron chi connectivity index (χ1n) is 9.47. The Labute approximate surface area is 152 Å². The molecule has 1 aromatic rings. The van der Waals surface area contributed by atoms with E-state index in [0.29, 0.717) is 6.54 Å². The summed E-state index contributed by atoms with van der Waals surface area (Å²) >= 11 is 0. The summed E-state index contributed by atoms with van der Waals surface area (Å²) in [6, 6.07) is 6.49. The average Bonchev–Trinajstić information content (AvgIpc) is 2.79. The third-order valence-corrected chi connectivity index (χ3v) is 5.22. The van der Waals surface area contributed by atoms with Crippen molar-refractivity contribution in [3.63, 3.8) is 0 Å². The predicted molar refractivity (Wildman–Crippen MR) is 103 cm³/mol. The number of carbonyl (C=O) groups is 1. The van der Waals surface area contributed by atoms with Crippen molar-refractivity contribution >= 4 is 11.8 Å². The molecular weight excluding hydrogens is 310 g/mol. The van der Waals surface area contributed by atoms with Crippen LogP contribution in [0.4, 0.5) is 10.5 Å². The standard InChI is InChI=1S/C22H31NO2/c1-16-11-12-18-19(13-16)23(20(24)25-21(2,3)4)15-22(18,5)14-17-9-7-6-8-10-17/h9,11-13H,6-8,10,14-15H2,1-5H3/t22-/m0/s1. The molecule has 0 bridgehead atoms. The van der Waals surface area contributed by atoms with Gasteiger partial charge in [-0.3, -0.25) is 4.90 Å². The van der Waals surface area contributed by atoms with Gasteiger partial charge in [-0.15, -0.1) is 0 Å². The van der Waals surface area contributed by atoms with E-state index in [4.69, 9.17) is 4.74 Å². The van der Waals surface area contributed by atoms with Crippen molar-refractivity contribution in [2.75, 3.05) is 11.4 Å². The Morgan fingerprint density at radius 3 is 2.68 bits per heavy atom. The number of ether oxygens (including phenoxy) is 1. The van der Waals surface area contributed by atoms with E-state index >= 15 is 0 Å². The van der Waals surface area contributed by atoms with Gasteiger partial charge >= 0.3 is 6.09 Å². The maximum absolute atomic E-state index is 12.8. The summed E-state index contributed by atoms with van der Waals surface area (Å²) < 4.78 is 5.67. The van der Waals surface area contributed by atoms with Gasteiger partial charge in [-0.2, -0.15) is 0 Å². The van der Waals surface area contributed by atoms with Crippen LogP contribution in [0.1, 0.15) is 70.9 Å². The number of rotatable bonds is 2. The van der Waals surface area contributed by atoms with Gasteiger partial charge in [0.05, 0.1) is 5.69 Å². The SMILES string of the molecule is Cc1ccc2c(c1)N(C(=O)OC(C)(C)C)C[C@]2(C)CC1=CCCCC1. The van der Waals surface area contributed by atoms with Crippen LogP contribution in [0.25, 0.3) is 0 Å². The Balaban J connectivity index is 1.92. The predicted octanol–water partition coefficient (Wildman–Crippen LogP) is 5.90. The van der Waals surface area contributed by atoms with Gasteiger partial charge in [0, 0.05) is 12.0 Å². The van der Waals surface area contributed by atoms with Gasteiger partial charge in [0.1, 0.15) is 5.60 Å². The third kappa shape index (κ3) is 3.91. The highest BCUT2D eigenvalue weighted by Gasteiger charge is 2.43. The number of anilines is 1. The maximum Gasteiger partial charge on any atom is 0.414 e. The number of hydrogen-bond acceptors (Lipinski definition) is 2. The van der Waals surface area contributed by atoms with Crippen LogP contribution in [0, 0.1) is 6.92 Å². The zero-order chi connectivity index (χ0) is 18.2. The Bertz CT molecular complexity index is 698. The molecule has 1 aromatic carbocycles. The molecule has 0 radical (unpaired) electrons. The highest BCUT2D eigenvalue weighted by Crippen LogP contribution is 2.46. The zero-order valence-electron chi connectivity index (χ0n) is 16.3. The van der Waals surface area contributed by atoms with Crippen LogP contribution in [-0.2, 0) is 10.2 Å². The zero-order valence-corrected chi connectivity index (χ0v) is 16.3. The van der Waals surface area contributed by atoms with Gasteiger partial charge in [0.25, 0.3) is 0 Å². The van der Waals surface area contributed by atoms with Gasteiger partial charge in [-0.1, -0.05) is 30.7 Å². The fraction of sp³-hybridized carbons (Fsp3) is 0.591. The summed E-state index contributed by atoms with van der Waals surface area (Å²) in [6.45, 7) is 10.8. The Hall–Kier alpha value is -1.77. The summed E-state index contributed by atoms with van der Waals surface area (Å²) in [4.78, 5) is 14.6. The molecule has 0 saturated carbocycles. The van der Waals surface area contributed by atoms with Crippen LogP contribution in [0.15, 0.2) is 29.8 Å². The Morgan fingerprint density at radius 1 is 1.28 bits per heavy atom. The van der Waals surface area contributed by atoms with E-state index in [-0.39, 0.29) is 11.5 Å². The Kier molecular flexibility index (Phi) is 4.70. The van der Waals surface area contributed by atoms with E-state index in [0.717, 1.165) is 12.1 Å². The molecule has 0 fully saturated rings. The van der Waals surface area contributed by atoms with Crippen molar-refractivity contribution in [2.24, 2.45) is 0 Å². The van der Waals surface area contributed by atoms with Gasteiger partial charge in [0.15, 0.2) is 0 Å². The molecule has 0 aromatic heterocycles. The largest absolute Gasteiger partial charge is 0.443 e. The average molecular weight is 341 g/mol. The van der Waals surface area contributed by atoms with Crippen LogP contribution in [0.3, 0.4) is 0 Å². The van der Waals surface area contributed by atoms with E-state index in [2.05, 4.69) is 38.1 Å². The first kappa shape index (κ1) is 18.0. The molecule has 0 unspecified atom stereocenters. The second kappa shape index (κ2) is 6.51. The number of carbonyl (C=O) groups excluding carboxylic acids is 1. The lowest BCUT2D eigenvalue weighted by Gasteiger charge is -2.29. The van der Waals surface area contributed by atoms with Crippen LogP contribution in [0.5, 0.6) is 0 Å². The summed E-state index contributed by atoms with van der Waals surface area (Å²) in [5, 5.41) is 0.